The molecule has 6 heteroatoms. The molecule has 0 aliphatic carbocycles. The summed E-state index contributed by atoms with van der Waals surface area (Å²) in [5.74, 6) is 2.50. The first kappa shape index (κ1) is 9.53. The van der Waals surface area contributed by atoms with Crippen LogP contribution in [-0.2, 0) is 6.42 Å². The van der Waals surface area contributed by atoms with Gasteiger partial charge in [-0.15, -0.1) is 0 Å². The number of imidazole rings is 1. The van der Waals surface area contributed by atoms with E-state index in [-0.39, 0.29) is 0 Å². The average Bonchev–Trinajstić information content (AvgIpc) is 2.99. The average molecular weight is 219 g/mol. The summed E-state index contributed by atoms with van der Waals surface area (Å²) < 4.78 is 5.20. The summed E-state index contributed by atoms with van der Waals surface area (Å²) in [5, 5.41) is 7.22. The second-order valence-electron chi connectivity index (χ2n) is 4.01. The van der Waals surface area contributed by atoms with Crippen LogP contribution in [-0.4, -0.2) is 33.2 Å². The molecule has 6 nitrogen and oxygen atoms in total. The lowest BCUT2D eigenvalue weighted by Gasteiger charge is -2.01. The van der Waals surface area contributed by atoms with Crippen molar-refractivity contribution >= 4 is 0 Å². The van der Waals surface area contributed by atoms with Crippen LogP contribution >= 0.6 is 0 Å². The first-order valence-corrected chi connectivity index (χ1v) is 5.45. The molecule has 0 aromatic carbocycles. The van der Waals surface area contributed by atoms with Crippen molar-refractivity contribution in [2.75, 3.05) is 13.1 Å². The largest absolute Gasteiger partial charge is 0.342 e. The number of aromatic amines is 1. The van der Waals surface area contributed by atoms with E-state index in [1.54, 1.807) is 12.4 Å². The van der Waals surface area contributed by atoms with E-state index in [4.69, 9.17) is 4.52 Å². The van der Waals surface area contributed by atoms with Crippen LogP contribution in [0.25, 0.3) is 11.6 Å². The van der Waals surface area contributed by atoms with Gasteiger partial charge in [0, 0.05) is 18.8 Å². The molecule has 0 saturated carbocycles. The summed E-state index contributed by atoms with van der Waals surface area (Å²) in [4.78, 5) is 11.3. The van der Waals surface area contributed by atoms with Gasteiger partial charge in [0.1, 0.15) is 0 Å². The predicted octanol–water partition coefficient (Wildman–Crippen LogP) is 0.612. The Kier molecular flexibility index (Phi) is 2.41. The minimum Gasteiger partial charge on any atom is -0.342 e. The van der Waals surface area contributed by atoms with Gasteiger partial charge in [0.05, 0.1) is 0 Å². The summed E-state index contributed by atoms with van der Waals surface area (Å²) in [6.07, 6.45) is 5.44. The zero-order chi connectivity index (χ0) is 10.8. The summed E-state index contributed by atoms with van der Waals surface area (Å²) >= 11 is 0. The molecular weight excluding hydrogens is 206 g/mol. The van der Waals surface area contributed by atoms with Gasteiger partial charge in [-0.2, -0.15) is 4.98 Å². The van der Waals surface area contributed by atoms with Gasteiger partial charge in [-0.05, 0) is 25.4 Å². The number of hydrogen-bond donors (Lipinski definition) is 2. The highest BCUT2D eigenvalue weighted by Gasteiger charge is 2.19. The summed E-state index contributed by atoms with van der Waals surface area (Å²) in [6, 6.07) is 0. The number of nitrogens with zero attached hydrogens (tertiary/aromatic N) is 3. The molecule has 84 valence electrons. The van der Waals surface area contributed by atoms with Gasteiger partial charge in [-0.1, -0.05) is 5.16 Å². The molecule has 0 radical (unpaired) electrons. The number of rotatable bonds is 3. The van der Waals surface area contributed by atoms with Gasteiger partial charge < -0.3 is 14.8 Å². The fraction of sp³-hybridized carbons (Fsp3) is 0.500. The SMILES string of the molecule is c1c[nH]c(-c2noc(CC3CCNC3)n2)n1. The van der Waals surface area contributed by atoms with Gasteiger partial charge in [0.25, 0.3) is 0 Å². The maximum Gasteiger partial charge on any atom is 0.238 e. The van der Waals surface area contributed by atoms with Crippen molar-refractivity contribution in [1.82, 2.24) is 25.4 Å². The molecule has 1 aliphatic rings. The smallest absolute Gasteiger partial charge is 0.238 e. The van der Waals surface area contributed by atoms with Gasteiger partial charge in [-0.25, -0.2) is 4.98 Å². The lowest BCUT2D eigenvalue weighted by molar-refractivity contribution is 0.358. The molecule has 16 heavy (non-hydrogen) atoms. The van der Waals surface area contributed by atoms with Gasteiger partial charge >= 0.3 is 0 Å². The van der Waals surface area contributed by atoms with Crippen LogP contribution in [0, 0.1) is 5.92 Å². The van der Waals surface area contributed by atoms with Crippen LogP contribution in [0.5, 0.6) is 0 Å². The third-order valence-corrected chi connectivity index (χ3v) is 2.80. The predicted molar refractivity (Wildman–Crippen MR) is 56.6 cm³/mol. The van der Waals surface area contributed by atoms with E-state index in [0.717, 1.165) is 19.5 Å². The second kappa shape index (κ2) is 4.05. The molecule has 2 aromatic rings. The Hall–Kier alpha value is -1.69. The maximum absolute atomic E-state index is 5.20. The van der Waals surface area contributed by atoms with E-state index in [1.807, 2.05) is 0 Å². The van der Waals surface area contributed by atoms with Crippen molar-refractivity contribution in [2.24, 2.45) is 5.92 Å². The highest BCUT2D eigenvalue weighted by atomic mass is 16.5. The molecule has 2 aromatic heterocycles. The van der Waals surface area contributed by atoms with E-state index in [9.17, 15) is 0 Å². The van der Waals surface area contributed by atoms with Crippen LogP contribution in [0.4, 0.5) is 0 Å². The molecule has 3 heterocycles. The van der Waals surface area contributed by atoms with Crippen LogP contribution < -0.4 is 5.32 Å². The molecule has 3 rings (SSSR count). The highest BCUT2D eigenvalue weighted by Crippen LogP contribution is 2.16. The minimum atomic E-state index is 0.533. The fourth-order valence-electron chi connectivity index (χ4n) is 1.96. The van der Waals surface area contributed by atoms with E-state index in [1.165, 1.54) is 6.42 Å². The van der Waals surface area contributed by atoms with Gasteiger partial charge in [0.2, 0.25) is 11.7 Å². The molecule has 1 fully saturated rings. The van der Waals surface area contributed by atoms with Gasteiger partial charge in [0.15, 0.2) is 5.82 Å². The van der Waals surface area contributed by atoms with E-state index >= 15 is 0 Å². The van der Waals surface area contributed by atoms with Crippen molar-refractivity contribution < 1.29 is 4.52 Å². The Balaban J connectivity index is 1.72. The van der Waals surface area contributed by atoms with E-state index in [2.05, 4.69) is 25.4 Å². The first-order valence-electron chi connectivity index (χ1n) is 5.45. The minimum absolute atomic E-state index is 0.533. The third-order valence-electron chi connectivity index (χ3n) is 2.80. The number of H-pyrrole nitrogens is 1. The molecule has 2 N–H and O–H groups in total. The second-order valence-corrected chi connectivity index (χ2v) is 4.01. The summed E-state index contributed by atoms with van der Waals surface area (Å²) in [7, 11) is 0. The maximum atomic E-state index is 5.20. The standard InChI is InChI=1S/C10H13N5O/c1-2-11-6-7(1)5-8-14-10(15-16-8)9-12-3-4-13-9/h3-4,7,11H,1-2,5-6H2,(H,12,13). The first-order chi connectivity index (χ1) is 7.92. The zero-order valence-corrected chi connectivity index (χ0v) is 8.81. The summed E-state index contributed by atoms with van der Waals surface area (Å²) in [6.45, 7) is 2.13. The monoisotopic (exact) mass is 219 g/mol. The lowest BCUT2D eigenvalue weighted by atomic mass is 10.1. The topological polar surface area (TPSA) is 79.6 Å². The molecule has 1 atom stereocenters. The number of aromatic nitrogens is 4. The van der Waals surface area contributed by atoms with Crippen molar-refractivity contribution in [2.45, 2.75) is 12.8 Å². The Bertz CT molecular complexity index is 443. The number of nitrogens with one attached hydrogen (secondary N) is 2. The molecule has 0 bridgehead atoms. The Morgan fingerprint density at radius 1 is 1.50 bits per heavy atom. The van der Waals surface area contributed by atoms with Crippen LogP contribution in [0.3, 0.4) is 0 Å². The third kappa shape index (κ3) is 1.83. The molecule has 0 spiro atoms. The van der Waals surface area contributed by atoms with Crippen molar-refractivity contribution in [3.8, 4) is 11.6 Å². The molecule has 0 amide bonds. The summed E-state index contributed by atoms with van der Waals surface area (Å²) in [5.41, 5.74) is 0. The molecule has 1 saturated heterocycles. The van der Waals surface area contributed by atoms with Crippen LogP contribution in [0.1, 0.15) is 12.3 Å². The van der Waals surface area contributed by atoms with Crippen molar-refractivity contribution in [3.63, 3.8) is 0 Å². The van der Waals surface area contributed by atoms with Crippen LogP contribution in [0.2, 0.25) is 0 Å². The Morgan fingerprint density at radius 3 is 3.25 bits per heavy atom. The van der Waals surface area contributed by atoms with Crippen LogP contribution in [0.15, 0.2) is 16.9 Å². The van der Waals surface area contributed by atoms with E-state index in [0.29, 0.717) is 23.5 Å². The quantitative estimate of drug-likeness (QED) is 0.790. The van der Waals surface area contributed by atoms with Crippen molar-refractivity contribution in [1.29, 1.82) is 0 Å². The lowest BCUT2D eigenvalue weighted by Crippen LogP contribution is -2.10. The normalized spacial score (nSPS) is 20.4. The zero-order valence-electron chi connectivity index (χ0n) is 8.81. The molecular formula is C10H13N5O. The highest BCUT2D eigenvalue weighted by molar-refractivity contribution is 5.40. The van der Waals surface area contributed by atoms with Crippen molar-refractivity contribution in [3.05, 3.63) is 18.3 Å². The Labute approximate surface area is 92.5 Å². The molecule has 1 aliphatic heterocycles. The fourth-order valence-corrected chi connectivity index (χ4v) is 1.96. The molecule has 1 unspecified atom stereocenters. The van der Waals surface area contributed by atoms with Gasteiger partial charge in [-0.3, -0.25) is 0 Å². The number of hydrogen-bond acceptors (Lipinski definition) is 5. The van der Waals surface area contributed by atoms with E-state index < -0.39 is 0 Å². The Morgan fingerprint density at radius 2 is 2.50 bits per heavy atom.